The second kappa shape index (κ2) is 4.75. The molecule has 0 aliphatic carbocycles. The van der Waals surface area contributed by atoms with Crippen LogP contribution in [0.15, 0.2) is 18.2 Å². The lowest BCUT2D eigenvalue weighted by Crippen LogP contribution is -2.47. The summed E-state index contributed by atoms with van der Waals surface area (Å²) < 4.78 is 0. The Hall–Kier alpha value is -2.55. The van der Waals surface area contributed by atoms with Crippen molar-refractivity contribution in [2.75, 3.05) is 11.1 Å². The molecule has 1 aliphatic rings. The second-order valence-electron chi connectivity index (χ2n) is 4.03. The molecule has 2 amide bonds. The van der Waals surface area contributed by atoms with Gasteiger partial charge in [-0.1, -0.05) is 6.07 Å². The van der Waals surface area contributed by atoms with E-state index in [1.807, 2.05) is 6.07 Å². The summed E-state index contributed by atoms with van der Waals surface area (Å²) in [6.45, 7) is 0. The van der Waals surface area contributed by atoms with Crippen molar-refractivity contribution in [3.8, 4) is 6.07 Å². The summed E-state index contributed by atoms with van der Waals surface area (Å²) >= 11 is 0. The lowest BCUT2D eigenvalue weighted by atomic mass is 10.0. The number of carbonyl (C=O) groups is 2. The van der Waals surface area contributed by atoms with Crippen molar-refractivity contribution >= 4 is 23.2 Å². The molecule has 6 heteroatoms. The number of hydrogen-bond donors (Lipinski definition) is 3. The van der Waals surface area contributed by atoms with Gasteiger partial charge in [-0.3, -0.25) is 14.9 Å². The smallest absolute Gasteiger partial charge is 0.249 e. The van der Waals surface area contributed by atoms with E-state index >= 15 is 0 Å². The molecule has 18 heavy (non-hydrogen) atoms. The van der Waals surface area contributed by atoms with Gasteiger partial charge in [0.25, 0.3) is 0 Å². The van der Waals surface area contributed by atoms with E-state index < -0.39 is 6.04 Å². The minimum Gasteiger partial charge on any atom is -0.396 e. The van der Waals surface area contributed by atoms with E-state index in [9.17, 15) is 9.59 Å². The molecular weight excluding hydrogens is 232 g/mol. The molecular formula is C12H12N4O2. The van der Waals surface area contributed by atoms with Gasteiger partial charge in [-0.05, 0) is 18.6 Å². The maximum Gasteiger partial charge on any atom is 0.249 e. The number of nitrogen functional groups attached to an aromatic ring is 1. The van der Waals surface area contributed by atoms with E-state index in [0.29, 0.717) is 29.8 Å². The maximum atomic E-state index is 11.6. The minimum absolute atomic E-state index is 0.267. The first-order valence-corrected chi connectivity index (χ1v) is 5.50. The zero-order valence-electron chi connectivity index (χ0n) is 9.56. The molecule has 6 nitrogen and oxygen atoms in total. The molecule has 92 valence electrons. The standard InChI is InChI=1S/C12H12N4O2/c13-6-7-2-1-3-8(11(7)14)15-9-4-5-10(17)16-12(9)18/h1-3,9,15H,4-5,14H2,(H,16,17,18). The van der Waals surface area contributed by atoms with E-state index in [2.05, 4.69) is 10.6 Å². The number of para-hydroxylation sites is 1. The molecule has 1 heterocycles. The highest BCUT2D eigenvalue weighted by molar-refractivity contribution is 6.01. The lowest BCUT2D eigenvalue weighted by molar-refractivity contribution is -0.133. The number of hydrogen-bond acceptors (Lipinski definition) is 5. The van der Waals surface area contributed by atoms with E-state index in [-0.39, 0.29) is 11.8 Å². The predicted octanol–water partition coefficient (Wildman–Crippen LogP) is 0.358. The van der Waals surface area contributed by atoms with Gasteiger partial charge in [0.05, 0.1) is 16.9 Å². The number of imide groups is 1. The highest BCUT2D eigenvalue weighted by Gasteiger charge is 2.26. The summed E-state index contributed by atoms with van der Waals surface area (Å²) in [7, 11) is 0. The molecule has 1 unspecified atom stereocenters. The van der Waals surface area contributed by atoms with Crippen molar-refractivity contribution in [3.05, 3.63) is 23.8 Å². The first kappa shape index (κ1) is 11.9. The largest absolute Gasteiger partial charge is 0.396 e. The van der Waals surface area contributed by atoms with Crippen LogP contribution in [0.1, 0.15) is 18.4 Å². The van der Waals surface area contributed by atoms with Crippen molar-refractivity contribution in [1.29, 1.82) is 5.26 Å². The average Bonchev–Trinajstić information content (AvgIpc) is 2.35. The Kier molecular flexibility index (Phi) is 3.15. The Labute approximate surface area is 104 Å². The van der Waals surface area contributed by atoms with Crippen molar-refractivity contribution in [1.82, 2.24) is 5.32 Å². The first-order valence-electron chi connectivity index (χ1n) is 5.50. The summed E-state index contributed by atoms with van der Waals surface area (Å²) in [4.78, 5) is 22.6. The summed E-state index contributed by atoms with van der Waals surface area (Å²) in [6.07, 6.45) is 0.710. The van der Waals surface area contributed by atoms with Gasteiger partial charge in [0.15, 0.2) is 0 Å². The molecule has 0 spiro atoms. The van der Waals surface area contributed by atoms with Crippen molar-refractivity contribution in [2.24, 2.45) is 0 Å². The van der Waals surface area contributed by atoms with Gasteiger partial charge < -0.3 is 11.1 Å². The topological polar surface area (TPSA) is 108 Å². The van der Waals surface area contributed by atoms with Crippen molar-refractivity contribution in [3.63, 3.8) is 0 Å². The van der Waals surface area contributed by atoms with Gasteiger partial charge in [0.2, 0.25) is 11.8 Å². The van der Waals surface area contributed by atoms with Gasteiger partial charge in [-0.25, -0.2) is 0 Å². The number of piperidine rings is 1. The van der Waals surface area contributed by atoms with Crippen molar-refractivity contribution < 1.29 is 9.59 Å². The first-order chi connectivity index (χ1) is 8.61. The van der Waals surface area contributed by atoms with E-state index in [1.165, 1.54) is 0 Å². The number of rotatable bonds is 2. The Balaban J connectivity index is 2.17. The van der Waals surface area contributed by atoms with Crippen LogP contribution in [0.2, 0.25) is 0 Å². The van der Waals surface area contributed by atoms with Crippen LogP contribution in [0.5, 0.6) is 0 Å². The zero-order valence-corrected chi connectivity index (χ0v) is 9.56. The molecule has 0 bridgehead atoms. The number of nitrogens with zero attached hydrogens (tertiary/aromatic N) is 1. The van der Waals surface area contributed by atoms with E-state index in [0.717, 1.165) is 0 Å². The zero-order chi connectivity index (χ0) is 13.1. The van der Waals surface area contributed by atoms with Crippen LogP contribution in [0.3, 0.4) is 0 Å². The van der Waals surface area contributed by atoms with Crippen LogP contribution >= 0.6 is 0 Å². The third-order valence-electron chi connectivity index (χ3n) is 2.80. The van der Waals surface area contributed by atoms with E-state index in [4.69, 9.17) is 11.0 Å². The molecule has 4 N–H and O–H groups in total. The number of nitriles is 1. The highest BCUT2D eigenvalue weighted by Crippen LogP contribution is 2.24. The van der Waals surface area contributed by atoms with Crippen LogP contribution in [0.25, 0.3) is 0 Å². The number of anilines is 2. The molecule has 1 atom stereocenters. The second-order valence-corrected chi connectivity index (χ2v) is 4.03. The molecule has 2 rings (SSSR count). The van der Waals surface area contributed by atoms with Gasteiger partial charge in [-0.15, -0.1) is 0 Å². The van der Waals surface area contributed by atoms with Crippen LogP contribution < -0.4 is 16.4 Å². The Bertz CT molecular complexity index is 547. The maximum absolute atomic E-state index is 11.6. The fraction of sp³-hybridized carbons (Fsp3) is 0.250. The molecule has 1 aliphatic heterocycles. The molecule has 0 saturated carbocycles. The molecule has 1 fully saturated rings. The van der Waals surface area contributed by atoms with Gasteiger partial charge in [0, 0.05) is 6.42 Å². The summed E-state index contributed by atoms with van der Waals surface area (Å²) in [5.74, 6) is -0.634. The molecule has 0 aromatic heterocycles. The third kappa shape index (κ3) is 2.25. The van der Waals surface area contributed by atoms with E-state index in [1.54, 1.807) is 18.2 Å². The van der Waals surface area contributed by atoms with Crippen LogP contribution in [0.4, 0.5) is 11.4 Å². The summed E-state index contributed by atoms with van der Waals surface area (Å²) in [5, 5.41) is 14.1. The predicted molar refractivity (Wildman–Crippen MR) is 65.4 cm³/mol. The van der Waals surface area contributed by atoms with Crippen LogP contribution in [0, 0.1) is 11.3 Å². The Morgan fingerprint density at radius 3 is 2.89 bits per heavy atom. The quantitative estimate of drug-likeness (QED) is 0.514. The fourth-order valence-corrected chi connectivity index (χ4v) is 1.81. The Morgan fingerprint density at radius 2 is 2.22 bits per heavy atom. The van der Waals surface area contributed by atoms with Crippen molar-refractivity contribution in [2.45, 2.75) is 18.9 Å². The number of nitrogens with one attached hydrogen (secondary N) is 2. The third-order valence-corrected chi connectivity index (χ3v) is 2.80. The number of benzene rings is 1. The lowest BCUT2D eigenvalue weighted by Gasteiger charge is -2.23. The van der Waals surface area contributed by atoms with Gasteiger partial charge in [0.1, 0.15) is 12.1 Å². The van der Waals surface area contributed by atoms with Crippen LogP contribution in [-0.4, -0.2) is 17.9 Å². The SMILES string of the molecule is N#Cc1cccc(NC2CCC(=O)NC2=O)c1N. The highest BCUT2D eigenvalue weighted by atomic mass is 16.2. The van der Waals surface area contributed by atoms with Gasteiger partial charge >= 0.3 is 0 Å². The van der Waals surface area contributed by atoms with Crippen LogP contribution in [-0.2, 0) is 9.59 Å². The summed E-state index contributed by atoms with van der Waals surface area (Å²) in [6, 6.07) is 6.45. The number of nitrogens with two attached hydrogens (primary N) is 1. The molecule has 1 aromatic rings. The number of carbonyl (C=O) groups excluding carboxylic acids is 2. The monoisotopic (exact) mass is 244 g/mol. The Morgan fingerprint density at radius 1 is 1.44 bits per heavy atom. The average molecular weight is 244 g/mol. The number of amides is 2. The molecule has 1 aromatic carbocycles. The summed E-state index contributed by atoms with van der Waals surface area (Å²) in [5.41, 5.74) is 7.00. The molecule has 1 saturated heterocycles. The fourth-order valence-electron chi connectivity index (χ4n) is 1.81. The minimum atomic E-state index is -0.501. The molecule has 0 radical (unpaired) electrons. The van der Waals surface area contributed by atoms with Gasteiger partial charge in [-0.2, -0.15) is 5.26 Å². The normalized spacial score (nSPS) is 18.9.